The number of carbonyl (C=O) groups is 1. The molecule has 0 unspecified atom stereocenters. The second kappa shape index (κ2) is 6.25. The number of nitrogens with zero attached hydrogens (tertiary/aromatic N) is 3. The van der Waals surface area contributed by atoms with E-state index in [-0.39, 0.29) is 18.3 Å². The van der Waals surface area contributed by atoms with Gasteiger partial charge in [-0.25, -0.2) is 4.79 Å². The average Bonchev–Trinajstić information content (AvgIpc) is 3.06. The molecule has 2 heterocycles. The summed E-state index contributed by atoms with van der Waals surface area (Å²) in [5.74, 6) is -0.517. The van der Waals surface area contributed by atoms with Gasteiger partial charge in [0.2, 0.25) is 5.91 Å². The fraction of sp³-hybridized carbons (Fsp3) is 0.357. The summed E-state index contributed by atoms with van der Waals surface area (Å²) in [4.78, 5) is 25.4. The van der Waals surface area contributed by atoms with E-state index in [1.54, 1.807) is 17.0 Å². The molecule has 0 N–H and O–H groups in total. The molecule has 0 saturated heterocycles. The van der Waals surface area contributed by atoms with Gasteiger partial charge in [-0.1, -0.05) is 12.2 Å². The summed E-state index contributed by atoms with van der Waals surface area (Å²) in [6.07, 6.45) is 1.45. The van der Waals surface area contributed by atoms with Gasteiger partial charge in [0.25, 0.3) is 5.89 Å². The molecule has 0 atom stereocenters. The molecule has 0 saturated carbocycles. The molecule has 2 rings (SSSR count). The van der Waals surface area contributed by atoms with E-state index in [2.05, 4.69) is 11.7 Å². The highest BCUT2D eigenvalue weighted by atomic mass is 16.4. The Balaban J connectivity index is 2.14. The van der Waals surface area contributed by atoms with Crippen molar-refractivity contribution in [2.24, 2.45) is 0 Å². The molecular formula is C14H17N3O4. The lowest BCUT2D eigenvalue weighted by molar-refractivity contribution is -0.131. The molecule has 0 spiro atoms. The summed E-state index contributed by atoms with van der Waals surface area (Å²) < 4.78 is 11.1. The number of carbonyl (C=O) groups excluding carboxylic acids is 1. The van der Waals surface area contributed by atoms with Crippen LogP contribution in [0.4, 0.5) is 0 Å². The Morgan fingerprint density at radius 3 is 2.86 bits per heavy atom. The van der Waals surface area contributed by atoms with Gasteiger partial charge in [-0.15, -0.1) is 5.10 Å². The first-order valence-electron chi connectivity index (χ1n) is 6.55. The van der Waals surface area contributed by atoms with Crippen molar-refractivity contribution in [3.05, 3.63) is 41.1 Å². The van der Waals surface area contributed by atoms with E-state index in [0.717, 1.165) is 10.3 Å². The second-order valence-corrected chi connectivity index (χ2v) is 4.67. The average molecular weight is 291 g/mol. The van der Waals surface area contributed by atoms with Crippen molar-refractivity contribution >= 4 is 5.91 Å². The maximum Gasteiger partial charge on any atom is 0.437 e. The van der Waals surface area contributed by atoms with Crippen LogP contribution in [-0.2, 0) is 11.3 Å². The van der Waals surface area contributed by atoms with Crippen LogP contribution in [0.5, 0.6) is 0 Å². The number of hydrogen-bond donors (Lipinski definition) is 0. The summed E-state index contributed by atoms with van der Waals surface area (Å²) in [6.45, 7) is 8.29. The van der Waals surface area contributed by atoms with Gasteiger partial charge in [-0.2, -0.15) is 4.68 Å². The lowest BCUT2D eigenvalue weighted by atomic mass is 10.3. The lowest BCUT2D eigenvalue weighted by Gasteiger charge is -2.20. The molecule has 0 bridgehead atoms. The van der Waals surface area contributed by atoms with Crippen LogP contribution in [0, 0.1) is 0 Å². The number of aromatic nitrogens is 2. The quantitative estimate of drug-likeness (QED) is 0.754. The first-order valence-corrected chi connectivity index (χ1v) is 6.55. The summed E-state index contributed by atoms with van der Waals surface area (Å²) >= 11 is 0. The van der Waals surface area contributed by atoms with Gasteiger partial charge >= 0.3 is 5.76 Å². The van der Waals surface area contributed by atoms with Crippen molar-refractivity contribution in [1.29, 1.82) is 0 Å². The minimum atomic E-state index is -0.693. The fourth-order valence-electron chi connectivity index (χ4n) is 1.84. The Hall–Kier alpha value is -2.57. The maximum atomic E-state index is 12.1. The summed E-state index contributed by atoms with van der Waals surface area (Å²) in [6, 6.07) is 3.28. The predicted octanol–water partition coefficient (Wildman–Crippen LogP) is 1.52. The highest BCUT2D eigenvalue weighted by molar-refractivity contribution is 5.76. The first kappa shape index (κ1) is 14.8. The van der Waals surface area contributed by atoms with Gasteiger partial charge in [-0.05, 0) is 26.0 Å². The number of furan rings is 1. The van der Waals surface area contributed by atoms with Crippen molar-refractivity contribution in [3.63, 3.8) is 0 Å². The van der Waals surface area contributed by atoms with Crippen LogP contribution in [0.25, 0.3) is 11.7 Å². The molecule has 7 heteroatoms. The van der Waals surface area contributed by atoms with E-state index in [0.29, 0.717) is 18.8 Å². The van der Waals surface area contributed by atoms with Crippen LogP contribution in [0.1, 0.15) is 13.8 Å². The molecule has 7 nitrogen and oxygen atoms in total. The van der Waals surface area contributed by atoms with Crippen molar-refractivity contribution in [2.75, 3.05) is 13.1 Å². The summed E-state index contributed by atoms with van der Waals surface area (Å²) in [7, 11) is 0. The molecule has 2 aromatic rings. The minimum absolute atomic E-state index is 0.0562. The molecule has 1 amide bonds. The molecule has 0 aliphatic heterocycles. The van der Waals surface area contributed by atoms with Crippen LogP contribution < -0.4 is 5.76 Å². The Morgan fingerprint density at radius 2 is 2.29 bits per heavy atom. The van der Waals surface area contributed by atoms with E-state index in [9.17, 15) is 9.59 Å². The Morgan fingerprint density at radius 1 is 1.52 bits per heavy atom. The van der Waals surface area contributed by atoms with Crippen molar-refractivity contribution in [2.45, 2.75) is 20.4 Å². The van der Waals surface area contributed by atoms with Crippen LogP contribution in [-0.4, -0.2) is 33.7 Å². The largest absolute Gasteiger partial charge is 0.459 e. The smallest absolute Gasteiger partial charge is 0.437 e. The molecule has 0 fully saturated rings. The van der Waals surface area contributed by atoms with E-state index in [1.807, 2.05) is 13.8 Å². The molecule has 2 aromatic heterocycles. The van der Waals surface area contributed by atoms with Crippen LogP contribution in [0.3, 0.4) is 0 Å². The molecule has 0 radical (unpaired) electrons. The van der Waals surface area contributed by atoms with Gasteiger partial charge in [0, 0.05) is 13.1 Å². The molecule has 21 heavy (non-hydrogen) atoms. The zero-order valence-corrected chi connectivity index (χ0v) is 12.0. The second-order valence-electron chi connectivity index (χ2n) is 4.67. The van der Waals surface area contributed by atoms with Crippen molar-refractivity contribution in [1.82, 2.24) is 14.7 Å². The molecule has 0 aliphatic carbocycles. The lowest BCUT2D eigenvalue weighted by Crippen LogP contribution is -2.36. The van der Waals surface area contributed by atoms with Gasteiger partial charge in [0.1, 0.15) is 6.54 Å². The number of rotatable bonds is 6. The standard InChI is InChI=1S/C14H17N3O4/c1-4-16(8-10(2)3)12(18)9-17-14(19)21-13(15-17)11-6-5-7-20-11/h5-7H,2,4,8-9H2,1,3H3. The Kier molecular flexibility index (Phi) is 4.42. The third-order valence-electron chi connectivity index (χ3n) is 2.82. The minimum Gasteiger partial charge on any atom is -0.459 e. The van der Waals surface area contributed by atoms with Crippen LogP contribution in [0.15, 0.2) is 44.2 Å². The third kappa shape index (κ3) is 3.50. The number of amides is 1. The van der Waals surface area contributed by atoms with E-state index < -0.39 is 5.76 Å². The molecule has 112 valence electrons. The monoisotopic (exact) mass is 291 g/mol. The van der Waals surface area contributed by atoms with Crippen LogP contribution >= 0.6 is 0 Å². The van der Waals surface area contributed by atoms with Gasteiger partial charge in [0.05, 0.1) is 6.26 Å². The number of hydrogen-bond acceptors (Lipinski definition) is 5. The zero-order chi connectivity index (χ0) is 15.4. The van der Waals surface area contributed by atoms with Crippen LogP contribution in [0.2, 0.25) is 0 Å². The number of likely N-dealkylation sites (N-methyl/N-ethyl adjacent to an activating group) is 1. The van der Waals surface area contributed by atoms with E-state index in [1.165, 1.54) is 6.26 Å². The third-order valence-corrected chi connectivity index (χ3v) is 2.82. The van der Waals surface area contributed by atoms with E-state index in [4.69, 9.17) is 8.83 Å². The highest BCUT2D eigenvalue weighted by Gasteiger charge is 2.18. The maximum absolute atomic E-state index is 12.1. The normalized spacial score (nSPS) is 10.6. The highest BCUT2D eigenvalue weighted by Crippen LogP contribution is 2.15. The van der Waals surface area contributed by atoms with E-state index >= 15 is 0 Å². The summed E-state index contributed by atoms with van der Waals surface area (Å²) in [5, 5.41) is 3.96. The first-order chi connectivity index (χ1) is 10.0. The molecule has 0 aliphatic rings. The van der Waals surface area contributed by atoms with Gasteiger partial charge in [-0.3, -0.25) is 4.79 Å². The topological polar surface area (TPSA) is 81.5 Å². The zero-order valence-electron chi connectivity index (χ0n) is 12.0. The fourth-order valence-corrected chi connectivity index (χ4v) is 1.84. The van der Waals surface area contributed by atoms with Gasteiger partial charge < -0.3 is 13.7 Å². The van der Waals surface area contributed by atoms with Crippen molar-refractivity contribution in [3.8, 4) is 11.7 Å². The predicted molar refractivity (Wildman–Crippen MR) is 75.5 cm³/mol. The molecule has 0 aromatic carbocycles. The Bertz CT molecular complexity index is 681. The molecular weight excluding hydrogens is 274 g/mol. The SMILES string of the molecule is C=C(C)CN(CC)C(=O)Cn1nc(-c2ccco2)oc1=O. The summed E-state index contributed by atoms with van der Waals surface area (Å²) in [5.41, 5.74) is 0.869. The van der Waals surface area contributed by atoms with Crippen molar-refractivity contribution < 1.29 is 13.6 Å². The van der Waals surface area contributed by atoms with Gasteiger partial charge in [0.15, 0.2) is 5.76 Å². The Labute approximate surface area is 121 Å².